The van der Waals surface area contributed by atoms with Crippen LogP contribution < -0.4 is 5.32 Å². The molecule has 7 heteroatoms. The molecule has 0 spiro atoms. The van der Waals surface area contributed by atoms with Crippen LogP contribution in [0.25, 0.3) is 0 Å². The number of nitrogens with zero attached hydrogens (tertiary/aromatic N) is 5. The van der Waals surface area contributed by atoms with Crippen LogP contribution in [0.2, 0.25) is 0 Å². The fourth-order valence-electron chi connectivity index (χ4n) is 2.26. The van der Waals surface area contributed by atoms with Crippen molar-refractivity contribution in [2.75, 3.05) is 19.6 Å². The van der Waals surface area contributed by atoms with Gasteiger partial charge in [0.2, 0.25) is 5.91 Å². The number of aromatic nitrogens is 4. The summed E-state index contributed by atoms with van der Waals surface area (Å²) in [6.45, 7) is 4.94. The van der Waals surface area contributed by atoms with E-state index in [2.05, 4.69) is 27.8 Å². The van der Waals surface area contributed by atoms with E-state index in [1.54, 1.807) is 0 Å². The van der Waals surface area contributed by atoms with Gasteiger partial charge in [0.25, 0.3) is 0 Å². The quantitative estimate of drug-likeness (QED) is 0.750. The fourth-order valence-corrected chi connectivity index (χ4v) is 2.26. The Balaban J connectivity index is 1.88. The highest BCUT2D eigenvalue weighted by Crippen LogP contribution is 2.08. The maximum atomic E-state index is 12.2. The maximum absolute atomic E-state index is 12.2. The van der Waals surface area contributed by atoms with E-state index in [1.807, 2.05) is 4.90 Å². The Morgan fingerprint density at radius 1 is 1.61 bits per heavy atom. The van der Waals surface area contributed by atoms with Crippen molar-refractivity contribution in [3.63, 3.8) is 0 Å². The Bertz CT molecular complexity index is 360. The summed E-state index contributed by atoms with van der Waals surface area (Å²) in [6.07, 6.45) is 4.79. The van der Waals surface area contributed by atoms with Crippen molar-refractivity contribution in [3.8, 4) is 0 Å². The molecule has 2 rings (SSSR count). The molecule has 1 atom stereocenters. The highest BCUT2D eigenvalue weighted by Gasteiger charge is 2.21. The molecular weight excluding hydrogens is 232 g/mol. The summed E-state index contributed by atoms with van der Waals surface area (Å²) < 4.78 is 1.47. The molecule has 1 unspecified atom stereocenters. The Hall–Kier alpha value is -1.50. The predicted octanol–water partition coefficient (Wildman–Crippen LogP) is -0.336. The number of amides is 1. The van der Waals surface area contributed by atoms with Crippen LogP contribution in [0.3, 0.4) is 0 Å². The zero-order chi connectivity index (χ0) is 12.8. The average Bonchev–Trinajstić information content (AvgIpc) is 3.01. The first-order valence-corrected chi connectivity index (χ1v) is 6.51. The van der Waals surface area contributed by atoms with Crippen molar-refractivity contribution in [2.45, 2.75) is 38.8 Å². The van der Waals surface area contributed by atoms with Crippen molar-refractivity contribution in [1.29, 1.82) is 0 Å². The van der Waals surface area contributed by atoms with Gasteiger partial charge < -0.3 is 10.2 Å². The minimum Gasteiger partial charge on any atom is -0.340 e. The topological polar surface area (TPSA) is 75.9 Å². The molecule has 1 fully saturated rings. The van der Waals surface area contributed by atoms with E-state index in [1.165, 1.54) is 17.4 Å². The Labute approximate surface area is 107 Å². The third-order valence-corrected chi connectivity index (χ3v) is 3.14. The van der Waals surface area contributed by atoms with Gasteiger partial charge in [0, 0.05) is 19.1 Å². The van der Waals surface area contributed by atoms with Crippen molar-refractivity contribution < 1.29 is 4.79 Å². The molecule has 18 heavy (non-hydrogen) atoms. The standard InChI is InChI=1S/C11H20N6O/c1-2-6-16(7-10-4-3-5-12-10)11(18)8-17-9-13-14-15-17/h9-10,12H,2-8H2,1H3. The number of hydrogen-bond donors (Lipinski definition) is 1. The number of carbonyl (C=O) groups excluding carboxylic acids is 1. The molecule has 1 aromatic heterocycles. The lowest BCUT2D eigenvalue weighted by Crippen LogP contribution is -2.42. The third kappa shape index (κ3) is 3.49. The van der Waals surface area contributed by atoms with Crippen molar-refractivity contribution in [3.05, 3.63) is 6.33 Å². The van der Waals surface area contributed by atoms with Gasteiger partial charge >= 0.3 is 0 Å². The molecule has 1 aliphatic rings. The van der Waals surface area contributed by atoms with Crippen LogP contribution in [0.5, 0.6) is 0 Å². The number of rotatable bonds is 6. The third-order valence-electron chi connectivity index (χ3n) is 3.14. The highest BCUT2D eigenvalue weighted by molar-refractivity contribution is 5.75. The average molecular weight is 252 g/mol. The highest BCUT2D eigenvalue weighted by atomic mass is 16.2. The molecule has 7 nitrogen and oxygen atoms in total. The molecule has 1 saturated heterocycles. The number of tetrazole rings is 1. The van der Waals surface area contributed by atoms with Gasteiger partial charge in [-0.15, -0.1) is 5.10 Å². The van der Waals surface area contributed by atoms with E-state index >= 15 is 0 Å². The van der Waals surface area contributed by atoms with Gasteiger partial charge in [0.15, 0.2) is 0 Å². The molecule has 0 radical (unpaired) electrons. The van der Waals surface area contributed by atoms with Gasteiger partial charge in [-0.05, 0) is 36.2 Å². The summed E-state index contributed by atoms with van der Waals surface area (Å²) in [7, 11) is 0. The number of hydrogen-bond acceptors (Lipinski definition) is 5. The molecule has 1 aromatic rings. The van der Waals surface area contributed by atoms with Crippen LogP contribution in [0.15, 0.2) is 6.33 Å². The largest absolute Gasteiger partial charge is 0.340 e. The molecule has 0 aliphatic carbocycles. The van der Waals surface area contributed by atoms with Gasteiger partial charge in [-0.1, -0.05) is 6.92 Å². The van der Waals surface area contributed by atoms with E-state index in [4.69, 9.17) is 0 Å². The van der Waals surface area contributed by atoms with Gasteiger partial charge in [-0.3, -0.25) is 4.79 Å². The van der Waals surface area contributed by atoms with Crippen LogP contribution in [0, 0.1) is 0 Å². The smallest absolute Gasteiger partial charge is 0.244 e. The first-order valence-electron chi connectivity index (χ1n) is 6.51. The fraction of sp³-hybridized carbons (Fsp3) is 0.818. The lowest BCUT2D eigenvalue weighted by atomic mass is 10.2. The van der Waals surface area contributed by atoms with Crippen LogP contribution >= 0.6 is 0 Å². The van der Waals surface area contributed by atoms with Crippen LogP contribution in [0.4, 0.5) is 0 Å². The minimum atomic E-state index is 0.0813. The summed E-state index contributed by atoms with van der Waals surface area (Å²) in [5, 5.41) is 14.2. The second-order valence-corrected chi connectivity index (χ2v) is 4.64. The Morgan fingerprint density at radius 3 is 3.11 bits per heavy atom. The lowest BCUT2D eigenvalue weighted by molar-refractivity contribution is -0.132. The summed E-state index contributed by atoms with van der Waals surface area (Å²) in [5.41, 5.74) is 0. The minimum absolute atomic E-state index is 0.0813. The van der Waals surface area contributed by atoms with Crippen LogP contribution in [-0.2, 0) is 11.3 Å². The Kier molecular flexibility index (Phi) is 4.63. The second kappa shape index (κ2) is 6.44. The maximum Gasteiger partial charge on any atom is 0.244 e. The van der Waals surface area contributed by atoms with E-state index in [0.717, 1.165) is 32.5 Å². The predicted molar refractivity (Wildman–Crippen MR) is 65.7 cm³/mol. The summed E-state index contributed by atoms with van der Waals surface area (Å²) in [4.78, 5) is 14.1. The first kappa shape index (κ1) is 12.9. The molecule has 0 bridgehead atoms. The van der Waals surface area contributed by atoms with Crippen LogP contribution in [-0.4, -0.2) is 56.7 Å². The SMILES string of the molecule is CCCN(CC1CCCN1)C(=O)Cn1cnnn1. The molecule has 1 amide bonds. The summed E-state index contributed by atoms with van der Waals surface area (Å²) >= 11 is 0. The summed E-state index contributed by atoms with van der Waals surface area (Å²) in [6, 6.07) is 0.439. The molecular formula is C11H20N6O. The Morgan fingerprint density at radius 2 is 2.50 bits per heavy atom. The second-order valence-electron chi connectivity index (χ2n) is 4.64. The molecule has 0 aromatic carbocycles. The zero-order valence-electron chi connectivity index (χ0n) is 10.7. The lowest BCUT2D eigenvalue weighted by Gasteiger charge is -2.25. The zero-order valence-corrected chi connectivity index (χ0v) is 10.7. The van der Waals surface area contributed by atoms with Crippen molar-refractivity contribution >= 4 is 5.91 Å². The molecule has 1 aliphatic heterocycles. The van der Waals surface area contributed by atoms with E-state index in [0.29, 0.717) is 6.04 Å². The van der Waals surface area contributed by atoms with Gasteiger partial charge in [-0.2, -0.15) is 0 Å². The van der Waals surface area contributed by atoms with Crippen molar-refractivity contribution in [2.24, 2.45) is 0 Å². The molecule has 2 heterocycles. The van der Waals surface area contributed by atoms with Crippen molar-refractivity contribution in [1.82, 2.24) is 30.4 Å². The van der Waals surface area contributed by atoms with Gasteiger partial charge in [0.05, 0.1) is 0 Å². The van der Waals surface area contributed by atoms with Gasteiger partial charge in [-0.25, -0.2) is 4.68 Å². The monoisotopic (exact) mass is 252 g/mol. The number of carbonyl (C=O) groups is 1. The summed E-state index contributed by atoms with van der Waals surface area (Å²) in [5.74, 6) is 0.0813. The van der Waals surface area contributed by atoms with E-state index in [-0.39, 0.29) is 12.5 Å². The molecule has 0 saturated carbocycles. The molecule has 100 valence electrons. The number of nitrogens with one attached hydrogen (secondary N) is 1. The van der Waals surface area contributed by atoms with E-state index < -0.39 is 0 Å². The van der Waals surface area contributed by atoms with Gasteiger partial charge in [0.1, 0.15) is 12.9 Å². The van der Waals surface area contributed by atoms with E-state index in [9.17, 15) is 4.79 Å². The molecule has 1 N–H and O–H groups in total. The first-order chi connectivity index (χ1) is 8.79. The van der Waals surface area contributed by atoms with Crippen LogP contribution in [0.1, 0.15) is 26.2 Å². The normalized spacial score (nSPS) is 19.1.